The predicted octanol–water partition coefficient (Wildman–Crippen LogP) is 3.05. The molecule has 98 valence electrons. The fourth-order valence-electron chi connectivity index (χ4n) is 2.75. The minimum absolute atomic E-state index is 0.686. The number of hydrogen-bond donors (Lipinski definition) is 1. The molecule has 19 heavy (non-hydrogen) atoms. The Bertz CT molecular complexity index is 513. The second kappa shape index (κ2) is 5.31. The quantitative estimate of drug-likeness (QED) is 0.894. The van der Waals surface area contributed by atoms with Crippen LogP contribution in [-0.4, -0.2) is 18.1 Å². The summed E-state index contributed by atoms with van der Waals surface area (Å²) in [5, 5.41) is 0. The molecule has 1 aliphatic rings. The molecule has 3 nitrogen and oxygen atoms in total. The summed E-state index contributed by atoms with van der Waals surface area (Å²) in [4.78, 5) is 6.75. The molecule has 1 aromatic carbocycles. The molecule has 0 bridgehead atoms. The first-order valence-corrected chi connectivity index (χ1v) is 6.84. The summed E-state index contributed by atoms with van der Waals surface area (Å²) in [6.07, 6.45) is 4.12. The van der Waals surface area contributed by atoms with Crippen molar-refractivity contribution in [3.63, 3.8) is 0 Å². The average Bonchev–Trinajstić information content (AvgIpc) is 2.49. The van der Waals surface area contributed by atoms with E-state index in [-0.39, 0.29) is 0 Å². The molecule has 1 fully saturated rings. The van der Waals surface area contributed by atoms with Gasteiger partial charge in [0.15, 0.2) is 0 Å². The largest absolute Gasteiger partial charge is 0.397 e. The number of aromatic nitrogens is 1. The standard InChI is InChI=1S/C16H19N3/c17-15-6-7-16(18-12-15)19-10-8-14(9-11-19)13-4-2-1-3-5-13/h1-7,12,14H,8-11,17H2. The lowest BCUT2D eigenvalue weighted by atomic mass is 9.89. The number of piperidine rings is 1. The van der Waals surface area contributed by atoms with Gasteiger partial charge in [0.25, 0.3) is 0 Å². The first-order valence-electron chi connectivity index (χ1n) is 6.84. The fourth-order valence-corrected chi connectivity index (χ4v) is 2.75. The minimum Gasteiger partial charge on any atom is -0.397 e. The van der Waals surface area contributed by atoms with Gasteiger partial charge < -0.3 is 10.6 Å². The number of benzene rings is 1. The molecule has 0 aliphatic carbocycles. The number of pyridine rings is 1. The van der Waals surface area contributed by atoms with E-state index in [0.29, 0.717) is 5.92 Å². The van der Waals surface area contributed by atoms with Crippen LogP contribution in [0.3, 0.4) is 0 Å². The molecule has 1 aromatic heterocycles. The summed E-state index contributed by atoms with van der Waals surface area (Å²) in [7, 11) is 0. The molecule has 0 radical (unpaired) electrons. The van der Waals surface area contributed by atoms with Gasteiger partial charge in [-0.2, -0.15) is 0 Å². The lowest BCUT2D eigenvalue weighted by Crippen LogP contribution is -2.33. The van der Waals surface area contributed by atoms with Crippen LogP contribution in [0.1, 0.15) is 24.3 Å². The maximum absolute atomic E-state index is 5.67. The molecular formula is C16H19N3. The van der Waals surface area contributed by atoms with Gasteiger partial charge in [-0.1, -0.05) is 30.3 Å². The smallest absolute Gasteiger partial charge is 0.128 e. The third-order valence-corrected chi connectivity index (χ3v) is 3.86. The third kappa shape index (κ3) is 2.70. The van der Waals surface area contributed by atoms with Gasteiger partial charge in [-0.3, -0.25) is 0 Å². The van der Waals surface area contributed by atoms with Crippen LogP contribution in [0.25, 0.3) is 0 Å². The van der Waals surface area contributed by atoms with Crippen molar-refractivity contribution in [1.29, 1.82) is 0 Å². The van der Waals surface area contributed by atoms with Gasteiger partial charge in [-0.05, 0) is 36.5 Å². The highest BCUT2D eigenvalue weighted by molar-refractivity contribution is 5.46. The maximum Gasteiger partial charge on any atom is 0.128 e. The van der Waals surface area contributed by atoms with E-state index >= 15 is 0 Å². The maximum atomic E-state index is 5.67. The Morgan fingerprint density at radius 1 is 1.00 bits per heavy atom. The van der Waals surface area contributed by atoms with Crippen LogP contribution in [0.15, 0.2) is 48.7 Å². The highest BCUT2D eigenvalue weighted by atomic mass is 15.2. The Kier molecular flexibility index (Phi) is 3.36. The number of hydrogen-bond acceptors (Lipinski definition) is 3. The molecule has 2 N–H and O–H groups in total. The fraction of sp³-hybridized carbons (Fsp3) is 0.312. The summed E-state index contributed by atoms with van der Waals surface area (Å²) in [5.74, 6) is 1.73. The van der Waals surface area contributed by atoms with E-state index in [1.54, 1.807) is 6.20 Å². The Morgan fingerprint density at radius 3 is 2.37 bits per heavy atom. The highest BCUT2D eigenvalue weighted by Gasteiger charge is 2.20. The molecule has 3 heteroatoms. The van der Waals surface area contributed by atoms with Gasteiger partial charge in [0.2, 0.25) is 0 Å². The van der Waals surface area contributed by atoms with E-state index in [1.807, 2.05) is 12.1 Å². The third-order valence-electron chi connectivity index (χ3n) is 3.86. The van der Waals surface area contributed by atoms with Gasteiger partial charge in [0, 0.05) is 13.1 Å². The lowest BCUT2D eigenvalue weighted by Gasteiger charge is -2.33. The van der Waals surface area contributed by atoms with Gasteiger partial charge in [0.05, 0.1) is 11.9 Å². The summed E-state index contributed by atoms with van der Waals surface area (Å²) < 4.78 is 0. The molecule has 1 saturated heterocycles. The zero-order chi connectivity index (χ0) is 13.1. The molecule has 3 rings (SSSR count). The second-order valence-electron chi connectivity index (χ2n) is 5.12. The van der Waals surface area contributed by atoms with E-state index in [0.717, 1.165) is 24.6 Å². The Hall–Kier alpha value is -2.03. The number of nitrogens with zero attached hydrogens (tertiary/aromatic N) is 2. The van der Waals surface area contributed by atoms with Crippen molar-refractivity contribution >= 4 is 11.5 Å². The van der Waals surface area contributed by atoms with Crippen LogP contribution in [-0.2, 0) is 0 Å². The van der Waals surface area contributed by atoms with Crippen LogP contribution in [0.2, 0.25) is 0 Å². The molecule has 0 saturated carbocycles. The topological polar surface area (TPSA) is 42.1 Å². The van der Waals surface area contributed by atoms with Crippen molar-refractivity contribution < 1.29 is 0 Å². The normalized spacial score (nSPS) is 16.5. The molecule has 0 atom stereocenters. The van der Waals surface area contributed by atoms with Crippen molar-refractivity contribution in [2.75, 3.05) is 23.7 Å². The molecule has 0 unspecified atom stereocenters. The zero-order valence-corrected chi connectivity index (χ0v) is 11.0. The number of anilines is 2. The van der Waals surface area contributed by atoms with Crippen LogP contribution < -0.4 is 10.6 Å². The zero-order valence-electron chi connectivity index (χ0n) is 11.0. The van der Waals surface area contributed by atoms with Crippen molar-refractivity contribution in [2.24, 2.45) is 0 Å². The first kappa shape index (κ1) is 12.0. The van der Waals surface area contributed by atoms with Crippen molar-refractivity contribution in [3.8, 4) is 0 Å². The van der Waals surface area contributed by atoms with Crippen LogP contribution >= 0.6 is 0 Å². The Morgan fingerprint density at radius 2 is 1.74 bits per heavy atom. The van der Waals surface area contributed by atoms with Crippen LogP contribution in [0, 0.1) is 0 Å². The molecule has 0 spiro atoms. The van der Waals surface area contributed by atoms with Gasteiger partial charge in [-0.15, -0.1) is 0 Å². The number of rotatable bonds is 2. The van der Waals surface area contributed by atoms with Gasteiger partial charge in [-0.25, -0.2) is 4.98 Å². The monoisotopic (exact) mass is 253 g/mol. The Labute approximate surface area is 114 Å². The number of nitrogen functional groups attached to an aromatic ring is 1. The lowest BCUT2D eigenvalue weighted by molar-refractivity contribution is 0.503. The SMILES string of the molecule is Nc1ccc(N2CCC(c3ccccc3)CC2)nc1. The summed E-state index contributed by atoms with van der Waals surface area (Å²) in [6, 6.07) is 14.7. The average molecular weight is 253 g/mol. The van der Waals surface area contributed by atoms with Crippen molar-refractivity contribution in [3.05, 3.63) is 54.2 Å². The highest BCUT2D eigenvalue weighted by Crippen LogP contribution is 2.29. The van der Waals surface area contributed by atoms with Gasteiger partial charge in [0.1, 0.15) is 5.82 Å². The van der Waals surface area contributed by atoms with E-state index < -0.39 is 0 Å². The molecule has 2 heterocycles. The Balaban J connectivity index is 1.65. The first-order chi connectivity index (χ1) is 9.33. The van der Waals surface area contributed by atoms with E-state index in [4.69, 9.17) is 5.73 Å². The molecular weight excluding hydrogens is 234 g/mol. The molecule has 1 aliphatic heterocycles. The second-order valence-corrected chi connectivity index (χ2v) is 5.12. The predicted molar refractivity (Wildman–Crippen MR) is 79.3 cm³/mol. The van der Waals surface area contributed by atoms with E-state index in [2.05, 4.69) is 40.2 Å². The van der Waals surface area contributed by atoms with Gasteiger partial charge >= 0.3 is 0 Å². The minimum atomic E-state index is 0.686. The van der Waals surface area contributed by atoms with E-state index in [9.17, 15) is 0 Å². The van der Waals surface area contributed by atoms with Crippen molar-refractivity contribution in [1.82, 2.24) is 4.98 Å². The molecule has 2 aromatic rings. The summed E-state index contributed by atoms with van der Waals surface area (Å²) in [5.41, 5.74) is 7.86. The van der Waals surface area contributed by atoms with Crippen LogP contribution in [0.4, 0.5) is 11.5 Å². The van der Waals surface area contributed by atoms with Crippen LogP contribution in [0.5, 0.6) is 0 Å². The summed E-state index contributed by atoms with van der Waals surface area (Å²) in [6.45, 7) is 2.13. The van der Waals surface area contributed by atoms with Crippen molar-refractivity contribution in [2.45, 2.75) is 18.8 Å². The van der Waals surface area contributed by atoms with E-state index in [1.165, 1.54) is 18.4 Å². The molecule has 0 amide bonds. The number of nitrogens with two attached hydrogens (primary N) is 1. The summed E-state index contributed by atoms with van der Waals surface area (Å²) >= 11 is 0.